The molecule has 1 aromatic rings. The van der Waals surface area contributed by atoms with Gasteiger partial charge >= 0.3 is 0 Å². The normalized spacial score (nSPS) is 22.0. The van der Waals surface area contributed by atoms with E-state index in [1.165, 1.54) is 38.2 Å². The largest absolute Gasteiger partial charge is 0.491 e. The number of hydrogen-bond donors (Lipinski definition) is 2. The molecule has 0 amide bonds. The van der Waals surface area contributed by atoms with Crippen LogP contribution in [0.1, 0.15) is 46.0 Å². The van der Waals surface area contributed by atoms with Crippen molar-refractivity contribution in [3.8, 4) is 5.75 Å². The summed E-state index contributed by atoms with van der Waals surface area (Å²) in [4.78, 5) is 0. The average molecular weight is 294 g/mol. The Labute approximate surface area is 127 Å². The van der Waals surface area contributed by atoms with Crippen molar-refractivity contribution >= 4 is 11.4 Å². The van der Waals surface area contributed by atoms with Crippen LogP contribution in [0.3, 0.4) is 0 Å². The highest BCUT2D eigenvalue weighted by Gasteiger charge is 2.20. The third-order valence-corrected chi connectivity index (χ3v) is 4.53. The Morgan fingerprint density at radius 3 is 2.48 bits per heavy atom. The summed E-state index contributed by atoms with van der Waals surface area (Å²) in [6.07, 6.45) is 6.48. The predicted molar refractivity (Wildman–Crippen MR) is 86.2 cm³/mol. The zero-order valence-corrected chi connectivity index (χ0v) is 13.1. The number of nitrogen functional groups attached to an aromatic ring is 1. The monoisotopic (exact) mass is 294 g/mol. The fourth-order valence-corrected chi connectivity index (χ4v) is 3.09. The van der Waals surface area contributed by atoms with E-state index in [2.05, 4.69) is 12.2 Å². The van der Waals surface area contributed by atoms with Crippen LogP contribution in [0.4, 0.5) is 15.8 Å². The highest BCUT2D eigenvalue weighted by atomic mass is 19.1. The van der Waals surface area contributed by atoms with E-state index in [1.54, 1.807) is 6.07 Å². The third-order valence-electron chi connectivity index (χ3n) is 4.53. The van der Waals surface area contributed by atoms with Crippen LogP contribution in [0.15, 0.2) is 12.1 Å². The predicted octanol–water partition coefficient (Wildman–Crippen LogP) is 4.43. The van der Waals surface area contributed by atoms with E-state index in [-0.39, 0.29) is 5.75 Å². The summed E-state index contributed by atoms with van der Waals surface area (Å²) >= 11 is 0. The van der Waals surface area contributed by atoms with Gasteiger partial charge < -0.3 is 15.8 Å². The lowest BCUT2D eigenvalue weighted by Crippen LogP contribution is -2.21. The molecule has 0 aliphatic heterocycles. The Kier molecular flexibility index (Phi) is 5.71. The molecule has 1 aromatic carbocycles. The number of anilines is 2. The molecule has 3 N–H and O–H groups in total. The molecule has 2 rings (SSSR count). The van der Waals surface area contributed by atoms with Gasteiger partial charge in [0.2, 0.25) is 0 Å². The van der Waals surface area contributed by atoms with Crippen LogP contribution in [0.25, 0.3) is 0 Å². The van der Waals surface area contributed by atoms with Crippen LogP contribution in [0.5, 0.6) is 5.75 Å². The van der Waals surface area contributed by atoms with E-state index in [0.29, 0.717) is 18.2 Å². The molecule has 0 aromatic heterocycles. The van der Waals surface area contributed by atoms with Gasteiger partial charge in [-0.3, -0.25) is 0 Å². The van der Waals surface area contributed by atoms with Gasteiger partial charge in [-0.15, -0.1) is 0 Å². The number of hydrogen-bond acceptors (Lipinski definition) is 3. The topological polar surface area (TPSA) is 47.3 Å². The molecule has 0 unspecified atom stereocenters. The SMILES string of the molecule is CCOc1cc(NCC2CCC(CC)CC2)c(N)cc1F. The van der Waals surface area contributed by atoms with Gasteiger partial charge in [0.15, 0.2) is 11.6 Å². The molecule has 4 heteroatoms. The first-order valence-corrected chi connectivity index (χ1v) is 8.09. The van der Waals surface area contributed by atoms with E-state index < -0.39 is 5.82 Å². The highest BCUT2D eigenvalue weighted by molar-refractivity contribution is 5.68. The van der Waals surface area contributed by atoms with Crippen molar-refractivity contribution in [2.75, 3.05) is 24.2 Å². The van der Waals surface area contributed by atoms with Gasteiger partial charge in [-0.2, -0.15) is 0 Å². The molecule has 1 fully saturated rings. The molecular formula is C17H27FN2O. The highest BCUT2D eigenvalue weighted by Crippen LogP contribution is 2.32. The third kappa shape index (κ3) is 4.26. The van der Waals surface area contributed by atoms with Crippen LogP contribution in [0.2, 0.25) is 0 Å². The van der Waals surface area contributed by atoms with Crippen molar-refractivity contribution < 1.29 is 9.13 Å². The first-order chi connectivity index (χ1) is 10.1. The first-order valence-electron chi connectivity index (χ1n) is 8.09. The minimum atomic E-state index is -0.400. The molecule has 3 nitrogen and oxygen atoms in total. The molecule has 1 aliphatic rings. The molecule has 0 bridgehead atoms. The Morgan fingerprint density at radius 1 is 1.19 bits per heavy atom. The Morgan fingerprint density at radius 2 is 1.86 bits per heavy atom. The molecule has 0 atom stereocenters. The molecular weight excluding hydrogens is 267 g/mol. The number of rotatable bonds is 6. The summed E-state index contributed by atoms with van der Waals surface area (Å²) in [5.41, 5.74) is 7.11. The second-order valence-corrected chi connectivity index (χ2v) is 5.98. The van der Waals surface area contributed by atoms with Gasteiger partial charge in [0.05, 0.1) is 18.0 Å². The van der Waals surface area contributed by atoms with Gasteiger partial charge in [-0.1, -0.05) is 26.2 Å². The van der Waals surface area contributed by atoms with E-state index in [4.69, 9.17) is 10.5 Å². The minimum Gasteiger partial charge on any atom is -0.491 e. The molecule has 1 aliphatic carbocycles. The minimum absolute atomic E-state index is 0.267. The van der Waals surface area contributed by atoms with Crippen molar-refractivity contribution in [3.63, 3.8) is 0 Å². The maximum absolute atomic E-state index is 13.7. The lowest BCUT2D eigenvalue weighted by Gasteiger charge is -2.28. The first kappa shape index (κ1) is 15.9. The van der Waals surface area contributed by atoms with Crippen LogP contribution >= 0.6 is 0 Å². The zero-order chi connectivity index (χ0) is 15.2. The molecule has 118 valence electrons. The number of halogens is 1. The van der Waals surface area contributed by atoms with Gasteiger partial charge in [0, 0.05) is 18.7 Å². The van der Waals surface area contributed by atoms with Crippen LogP contribution < -0.4 is 15.8 Å². The van der Waals surface area contributed by atoms with E-state index in [9.17, 15) is 4.39 Å². The molecule has 21 heavy (non-hydrogen) atoms. The summed E-state index contributed by atoms with van der Waals surface area (Å²) in [5.74, 6) is 1.46. The standard InChI is InChI=1S/C17H27FN2O/c1-3-12-5-7-13(8-6-12)11-20-16-10-17(21-4-2)14(18)9-15(16)19/h9-10,12-13,20H,3-8,11,19H2,1-2H3. The van der Waals surface area contributed by atoms with Gasteiger partial charge in [-0.05, 0) is 31.6 Å². The smallest absolute Gasteiger partial charge is 0.167 e. The zero-order valence-electron chi connectivity index (χ0n) is 13.1. The lowest BCUT2D eigenvalue weighted by atomic mass is 9.81. The van der Waals surface area contributed by atoms with E-state index >= 15 is 0 Å². The van der Waals surface area contributed by atoms with Crippen molar-refractivity contribution in [2.45, 2.75) is 46.0 Å². The summed E-state index contributed by atoms with van der Waals surface area (Å²) in [6.45, 7) is 5.46. The average Bonchev–Trinajstić information content (AvgIpc) is 2.49. The summed E-state index contributed by atoms with van der Waals surface area (Å²) < 4.78 is 18.9. The second-order valence-electron chi connectivity index (χ2n) is 5.98. The van der Waals surface area contributed by atoms with Crippen molar-refractivity contribution in [3.05, 3.63) is 17.9 Å². The van der Waals surface area contributed by atoms with E-state index in [0.717, 1.165) is 18.2 Å². The van der Waals surface area contributed by atoms with Crippen molar-refractivity contribution in [1.29, 1.82) is 0 Å². The van der Waals surface area contributed by atoms with Crippen LogP contribution in [-0.4, -0.2) is 13.2 Å². The van der Waals surface area contributed by atoms with Crippen molar-refractivity contribution in [1.82, 2.24) is 0 Å². The number of nitrogens with two attached hydrogens (primary N) is 1. The fraction of sp³-hybridized carbons (Fsp3) is 0.647. The molecule has 0 spiro atoms. The van der Waals surface area contributed by atoms with Gasteiger partial charge in [0.25, 0.3) is 0 Å². The van der Waals surface area contributed by atoms with Crippen molar-refractivity contribution in [2.24, 2.45) is 11.8 Å². The maximum Gasteiger partial charge on any atom is 0.167 e. The summed E-state index contributed by atoms with van der Waals surface area (Å²) in [6, 6.07) is 3.01. The lowest BCUT2D eigenvalue weighted by molar-refractivity contribution is 0.278. The number of ether oxygens (including phenoxy) is 1. The molecule has 0 saturated heterocycles. The number of nitrogens with one attached hydrogen (secondary N) is 1. The fourth-order valence-electron chi connectivity index (χ4n) is 3.09. The summed E-state index contributed by atoms with van der Waals surface area (Å²) in [7, 11) is 0. The quantitative estimate of drug-likeness (QED) is 0.763. The molecule has 1 saturated carbocycles. The Bertz CT molecular complexity index is 456. The van der Waals surface area contributed by atoms with Crippen LogP contribution in [0, 0.1) is 17.7 Å². The molecule has 0 radical (unpaired) electrons. The Balaban J connectivity index is 1.92. The van der Waals surface area contributed by atoms with E-state index in [1.807, 2.05) is 6.92 Å². The molecule has 0 heterocycles. The second kappa shape index (κ2) is 7.53. The van der Waals surface area contributed by atoms with Gasteiger partial charge in [-0.25, -0.2) is 4.39 Å². The van der Waals surface area contributed by atoms with Gasteiger partial charge in [0.1, 0.15) is 0 Å². The summed E-state index contributed by atoms with van der Waals surface area (Å²) in [5, 5.41) is 3.37. The van der Waals surface area contributed by atoms with Crippen LogP contribution in [-0.2, 0) is 0 Å². The number of benzene rings is 1. The Hall–Kier alpha value is -1.45. The maximum atomic E-state index is 13.7.